The minimum atomic E-state index is -3.59. The molecular formula is C18H23ClN4O3S. The number of halogens is 1. The fraction of sp³-hybridized carbons (Fsp3) is 0.444. The van der Waals surface area contributed by atoms with Crippen LogP contribution in [0.15, 0.2) is 35.2 Å². The number of aryl methyl sites for hydroxylation is 1. The van der Waals surface area contributed by atoms with Crippen molar-refractivity contribution in [1.29, 1.82) is 0 Å². The molecule has 0 spiro atoms. The topological polar surface area (TPSA) is 84.4 Å². The maximum atomic E-state index is 12.2. The average Bonchev–Trinajstić information content (AvgIpc) is 2.66. The second-order valence-electron chi connectivity index (χ2n) is 6.36. The molecule has 0 radical (unpaired) electrons. The molecule has 0 amide bonds. The average molecular weight is 411 g/mol. The van der Waals surface area contributed by atoms with Crippen molar-refractivity contribution in [3.8, 4) is 5.88 Å². The smallest absolute Gasteiger partial charge is 0.240 e. The van der Waals surface area contributed by atoms with Gasteiger partial charge < -0.3 is 9.64 Å². The van der Waals surface area contributed by atoms with E-state index in [2.05, 4.69) is 19.6 Å². The van der Waals surface area contributed by atoms with Crippen LogP contribution in [0.2, 0.25) is 5.02 Å². The van der Waals surface area contributed by atoms with Crippen LogP contribution in [0.4, 0.5) is 5.82 Å². The molecule has 2 heterocycles. The monoisotopic (exact) mass is 410 g/mol. The van der Waals surface area contributed by atoms with Gasteiger partial charge in [0.05, 0.1) is 4.90 Å². The maximum absolute atomic E-state index is 12.2. The number of ether oxygens (including phenoxy) is 1. The van der Waals surface area contributed by atoms with Crippen molar-refractivity contribution in [2.24, 2.45) is 0 Å². The Morgan fingerprint density at radius 1 is 1.15 bits per heavy atom. The maximum Gasteiger partial charge on any atom is 0.240 e. The van der Waals surface area contributed by atoms with Crippen molar-refractivity contribution < 1.29 is 13.2 Å². The lowest BCUT2D eigenvalue weighted by Crippen LogP contribution is -2.30. The summed E-state index contributed by atoms with van der Waals surface area (Å²) in [7, 11) is -3.59. The minimum absolute atomic E-state index is 0.132. The zero-order valence-corrected chi connectivity index (χ0v) is 16.8. The standard InChI is InChI=1S/C18H23ClN4O3S/c1-14-21-17(23-10-3-2-4-11-23)13-18(22-14)26-12-9-20-27(24,25)16-7-5-15(19)6-8-16/h5-8,13,20H,2-4,9-12H2,1H3. The Labute approximate surface area is 164 Å². The first kappa shape index (κ1) is 19.9. The van der Waals surface area contributed by atoms with Crippen LogP contribution in [0.5, 0.6) is 5.88 Å². The van der Waals surface area contributed by atoms with Gasteiger partial charge in [0.2, 0.25) is 15.9 Å². The molecule has 1 aromatic carbocycles. The predicted molar refractivity (Wildman–Crippen MR) is 105 cm³/mol. The molecule has 1 saturated heterocycles. The second-order valence-corrected chi connectivity index (χ2v) is 8.56. The van der Waals surface area contributed by atoms with E-state index in [1.807, 2.05) is 13.0 Å². The third-order valence-corrected chi connectivity index (χ3v) is 5.98. The highest BCUT2D eigenvalue weighted by Gasteiger charge is 2.15. The molecule has 9 heteroatoms. The molecule has 2 aromatic rings. The van der Waals surface area contributed by atoms with E-state index >= 15 is 0 Å². The largest absolute Gasteiger partial charge is 0.476 e. The summed E-state index contributed by atoms with van der Waals surface area (Å²) in [5.41, 5.74) is 0. The number of hydrogen-bond donors (Lipinski definition) is 1. The molecule has 1 fully saturated rings. The molecule has 27 heavy (non-hydrogen) atoms. The summed E-state index contributed by atoms with van der Waals surface area (Å²) in [4.78, 5) is 11.2. The van der Waals surface area contributed by atoms with Crippen LogP contribution in [0.1, 0.15) is 25.1 Å². The molecule has 1 N–H and O–H groups in total. The number of piperidine rings is 1. The molecule has 0 saturated carbocycles. The first-order chi connectivity index (χ1) is 12.9. The molecule has 1 aliphatic heterocycles. The van der Waals surface area contributed by atoms with E-state index in [0.717, 1.165) is 31.7 Å². The van der Waals surface area contributed by atoms with Crippen molar-refractivity contribution in [1.82, 2.24) is 14.7 Å². The first-order valence-corrected chi connectivity index (χ1v) is 10.8. The molecule has 7 nitrogen and oxygen atoms in total. The van der Waals surface area contributed by atoms with Crippen molar-refractivity contribution in [3.63, 3.8) is 0 Å². The highest BCUT2D eigenvalue weighted by atomic mass is 35.5. The lowest BCUT2D eigenvalue weighted by atomic mass is 10.1. The van der Waals surface area contributed by atoms with Crippen LogP contribution < -0.4 is 14.4 Å². The van der Waals surface area contributed by atoms with Crippen molar-refractivity contribution in [3.05, 3.63) is 41.2 Å². The summed E-state index contributed by atoms with van der Waals surface area (Å²) in [6.07, 6.45) is 3.56. The van der Waals surface area contributed by atoms with Gasteiger partial charge in [0, 0.05) is 30.7 Å². The van der Waals surface area contributed by atoms with E-state index in [4.69, 9.17) is 16.3 Å². The molecule has 0 bridgehead atoms. The fourth-order valence-corrected chi connectivity index (χ4v) is 4.05. The number of nitrogens with zero attached hydrogens (tertiary/aromatic N) is 3. The van der Waals surface area contributed by atoms with Crippen molar-refractivity contribution in [2.75, 3.05) is 31.1 Å². The molecule has 1 aliphatic rings. The van der Waals surface area contributed by atoms with Gasteiger partial charge in [0.15, 0.2) is 0 Å². The summed E-state index contributed by atoms with van der Waals surface area (Å²) in [6, 6.07) is 7.82. The summed E-state index contributed by atoms with van der Waals surface area (Å²) in [5, 5.41) is 0.487. The van der Waals surface area contributed by atoms with Gasteiger partial charge >= 0.3 is 0 Å². The summed E-state index contributed by atoms with van der Waals surface area (Å²) >= 11 is 5.79. The Bertz CT molecular complexity index is 869. The Morgan fingerprint density at radius 2 is 1.85 bits per heavy atom. The van der Waals surface area contributed by atoms with Gasteiger partial charge in [0.25, 0.3) is 0 Å². The van der Waals surface area contributed by atoms with Crippen LogP contribution in [0.3, 0.4) is 0 Å². The quantitative estimate of drug-likeness (QED) is 0.706. The summed E-state index contributed by atoms with van der Waals surface area (Å²) in [6.45, 7) is 4.09. The lowest BCUT2D eigenvalue weighted by molar-refractivity contribution is 0.309. The van der Waals surface area contributed by atoms with Gasteiger partial charge in [-0.2, -0.15) is 4.98 Å². The van der Waals surface area contributed by atoms with Crippen LogP contribution in [-0.4, -0.2) is 44.6 Å². The molecule has 146 valence electrons. The Morgan fingerprint density at radius 3 is 2.56 bits per heavy atom. The number of nitrogens with one attached hydrogen (secondary N) is 1. The normalized spacial score (nSPS) is 15.0. The number of benzene rings is 1. The Hall–Kier alpha value is -1.90. The van der Waals surface area contributed by atoms with E-state index in [0.29, 0.717) is 16.7 Å². The number of rotatable bonds is 7. The lowest BCUT2D eigenvalue weighted by Gasteiger charge is -2.28. The molecule has 0 aliphatic carbocycles. The van der Waals surface area contributed by atoms with Crippen LogP contribution in [-0.2, 0) is 10.0 Å². The second kappa shape index (κ2) is 8.86. The molecule has 0 atom stereocenters. The van der Waals surface area contributed by atoms with Crippen molar-refractivity contribution >= 4 is 27.4 Å². The minimum Gasteiger partial charge on any atom is -0.476 e. The van der Waals surface area contributed by atoms with E-state index in [9.17, 15) is 8.42 Å². The molecule has 3 rings (SSSR count). The fourth-order valence-electron chi connectivity index (χ4n) is 2.91. The number of hydrogen-bond acceptors (Lipinski definition) is 6. The van der Waals surface area contributed by atoms with Gasteiger partial charge in [-0.05, 0) is 50.5 Å². The number of aromatic nitrogens is 2. The summed E-state index contributed by atoms with van der Waals surface area (Å²) in [5.74, 6) is 1.95. The SMILES string of the molecule is Cc1nc(OCCNS(=O)(=O)c2ccc(Cl)cc2)cc(N2CCCCC2)n1. The Kier molecular flexibility index (Phi) is 6.51. The molecule has 0 unspecified atom stereocenters. The zero-order valence-electron chi connectivity index (χ0n) is 15.2. The van der Waals surface area contributed by atoms with Gasteiger partial charge in [-0.15, -0.1) is 0 Å². The zero-order chi connectivity index (χ0) is 19.3. The van der Waals surface area contributed by atoms with Crippen LogP contribution >= 0.6 is 11.6 Å². The van der Waals surface area contributed by atoms with Crippen LogP contribution in [0, 0.1) is 6.92 Å². The van der Waals surface area contributed by atoms with E-state index < -0.39 is 10.0 Å². The van der Waals surface area contributed by atoms with Crippen molar-refractivity contribution in [2.45, 2.75) is 31.1 Å². The Balaban J connectivity index is 1.55. The number of anilines is 1. The van der Waals surface area contributed by atoms with E-state index in [1.54, 1.807) is 12.1 Å². The van der Waals surface area contributed by atoms with Gasteiger partial charge in [0.1, 0.15) is 18.2 Å². The number of sulfonamides is 1. The van der Waals surface area contributed by atoms with Gasteiger partial charge in [-0.25, -0.2) is 18.1 Å². The highest BCUT2D eigenvalue weighted by molar-refractivity contribution is 7.89. The highest BCUT2D eigenvalue weighted by Crippen LogP contribution is 2.21. The van der Waals surface area contributed by atoms with Crippen LogP contribution in [0.25, 0.3) is 0 Å². The third kappa shape index (κ3) is 5.54. The first-order valence-electron chi connectivity index (χ1n) is 8.93. The van der Waals surface area contributed by atoms with E-state index in [1.165, 1.54) is 18.6 Å². The molecular weight excluding hydrogens is 388 g/mol. The third-order valence-electron chi connectivity index (χ3n) is 4.25. The van der Waals surface area contributed by atoms with Gasteiger partial charge in [-0.3, -0.25) is 0 Å². The predicted octanol–water partition coefficient (Wildman–Crippen LogP) is 2.79. The molecule has 1 aromatic heterocycles. The van der Waals surface area contributed by atoms with Gasteiger partial charge in [-0.1, -0.05) is 11.6 Å². The summed E-state index contributed by atoms with van der Waals surface area (Å²) < 4.78 is 32.6. The van der Waals surface area contributed by atoms with E-state index in [-0.39, 0.29) is 18.0 Å².